The van der Waals surface area contributed by atoms with Crippen molar-refractivity contribution < 1.29 is 23.9 Å². The number of ketones is 1. The molecule has 1 aliphatic heterocycles. The molecule has 1 aliphatic carbocycles. The molecule has 6 nitrogen and oxygen atoms in total. The average molecular weight is 452 g/mol. The van der Waals surface area contributed by atoms with Crippen LogP contribution in [0.2, 0.25) is 10.0 Å². The predicted molar refractivity (Wildman–Crippen MR) is 113 cm³/mol. The lowest BCUT2D eigenvalue weighted by Crippen LogP contribution is -2.43. The van der Waals surface area contributed by atoms with Gasteiger partial charge in [-0.1, -0.05) is 36.2 Å². The van der Waals surface area contributed by atoms with Crippen molar-refractivity contribution in [1.29, 1.82) is 0 Å². The molecule has 0 bridgehead atoms. The first-order valence-corrected chi connectivity index (χ1v) is 10.4. The number of benzene rings is 1. The van der Waals surface area contributed by atoms with Crippen molar-refractivity contribution in [1.82, 2.24) is 5.32 Å². The minimum absolute atomic E-state index is 0.186. The third-order valence-electron chi connectivity index (χ3n) is 5.52. The van der Waals surface area contributed by atoms with Crippen LogP contribution in [0.15, 0.2) is 40.7 Å². The van der Waals surface area contributed by atoms with Crippen LogP contribution in [0.1, 0.15) is 38.7 Å². The first kappa shape index (κ1) is 22.4. The maximum Gasteiger partial charge on any atom is 0.336 e. The largest absolute Gasteiger partial charge is 0.468 e. The van der Waals surface area contributed by atoms with E-state index in [1.54, 1.807) is 32.0 Å². The zero-order valence-electron chi connectivity index (χ0n) is 17.2. The summed E-state index contributed by atoms with van der Waals surface area (Å²) in [6.07, 6.45) is 0.464. The van der Waals surface area contributed by atoms with Crippen LogP contribution < -0.4 is 5.32 Å². The van der Waals surface area contributed by atoms with E-state index in [0.717, 1.165) is 0 Å². The molecule has 0 amide bonds. The van der Waals surface area contributed by atoms with E-state index in [0.29, 0.717) is 44.6 Å². The molecular weight excluding hydrogens is 429 g/mol. The number of carbonyl (C=O) groups is 3. The van der Waals surface area contributed by atoms with Crippen LogP contribution in [-0.4, -0.2) is 31.4 Å². The monoisotopic (exact) mass is 451 g/mol. The molecule has 1 N–H and O–H groups in total. The van der Waals surface area contributed by atoms with Crippen LogP contribution >= 0.6 is 23.2 Å². The first-order chi connectivity index (χ1) is 14.2. The van der Waals surface area contributed by atoms with Crippen molar-refractivity contribution in [2.75, 3.05) is 13.7 Å². The molecule has 0 radical (unpaired) electrons. The van der Waals surface area contributed by atoms with Crippen LogP contribution in [0.4, 0.5) is 0 Å². The van der Waals surface area contributed by atoms with Gasteiger partial charge in [-0.3, -0.25) is 9.59 Å². The van der Waals surface area contributed by atoms with Crippen molar-refractivity contribution in [2.45, 2.75) is 33.1 Å². The Hall–Kier alpha value is -2.31. The van der Waals surface area contributed by atoms with Crippen molar-refractivity contribution in [3.05, 3.63) is 56.3 Å². The number of Topliss-reactive ketones (excluding diaryl/α,β-unsaturated/α-hetero) is 1. The first-order valence-electron chi connectivity index (χ1n) is 9.66. The summed E-state index contributed by atoms with van der Waals surface area (Å²) < 4.78 is 10.1. The highest BCUT2D eigenvalue weighted by atomic mass is 35.5. The lowest BCUT2D eigenvalue weighted by atomic mass is 9.69. The highest BCUT2D eigenvalue weighted by Crippen LogP contribution is 2.46. The second-order valence-corrected chi connectivity index (χ2v) is 8.24. The van der Waals surface area contributed by atoms with Gasteiger partial charge in [0.25, 0.3) is 0 Å². The van der Waals surface area contributed by atoms with E-state index < -0.39 is 23.8 Å². The van der Waals surface area contributed by atoms with Gasteiger partial charge < -0.3 is 14.8 Å². The van der Waals surface area contributed by atoms with Crippen molar-refractivity contribution in [2.24, 2.45) is 11.8 Å². The smallest absolute Gasteiger partial charge is 0.336 e. The minimum atomic E-state index is -0.942. The Morgan fingerprint density at radius 1 is 1.23 bits per heavy atom. The van der Waals surface area contributed by atoms with Gasteiger partial charge >= 0.3 is 11.9 Å². The van der Waals surface area contributed by atoms with E-state index in [2.05, 4.69) is 5.32 Å². The Bertz CT molecular complexity index is 982. The molecule has 1 aromatic rings. The average Bonchev–Trinajstić information content (AvgIpc) is 2.68. The van der Waals surface area contributed by atoms with E-state index in [-0.39, 0.29) is 18.3 Å². The second kappa shape index (κ2) is 8.82. The summed E-state index contributed by atoms with van der Waals surface area (Å²) in [6.45, 7) is 5.50. The van der Waals surface area contributed by atoms with Crippen molar-refractivity contribution in [3.8, 4) is 0 Å². The Morgan fingerprint density at radius 3 is 2.53 bits per heavy atom. The summed E-state index contributed by atoms with van der Waals surface area (Å²) in [5.41, 5.74) is 2.57. The maximum absolute atomic E-state index is 13.5. The van der Waals surface area contributed by atoms with Gasteiger partial charge in [0.1, 0.15) is 5.92 Å². The molecule has 1 heterocycles. The number of halogens is 2. The Labute approximate surface area is 185 Å². The SMILES string of the molecule is CCOC(=O)C1=C(C)NC2=C(C(=O)[C@@H](C(=O)OC)[C@@H](C)C2)[C@H]1c1ccc(Cl)c(Cl)c1. The zero-order valence-corrected chi connectivity index (χ0v) is 18.7. The molecule has 0 unspecified atom stereocenters. The molecule has 0 fully saturated rings. The number of esters is 2. The van der Waals surface area contributed by atoms with E-state index >= 15 is 0 Å². The minimum Gasteiger partial charge on any atom is -0.468 e. The van der Waals surface area contributed by atoms with E-state index in [1.807, 2.05) is 6.92 Å². The Morgan fingerprint density at radius 2 is 1.93 bits per heavy atom. The quantitative estimate of drug-likeness (QED) is 0.546. The third kappa shape index (κ3) is 3.86. The fraction of sp³-hybridized carbons (Fsp3) is 0.409. The van der Waals surface area contributed by atoms with Gasteiger partial charge in [0, 0.05) is 22.9 Å². The van der Waals surface area contributed by atoms with Crippen LogP contribution in [0.25, 0.3) is 0 Å². The molecule has 160 valence electrons. The molecule has 30 heavy (non-hydrogen) atoms. The molecule has 0 spiro atoms. The number of methoxy groups -OCH3 is 1. The number of carbonyl (C=O) groups excluding carboxylic acids is 3. The van der Waals surface area contributed by atoms with Crippen LogP contribution in [0.3, 0.4) is 0 Å². The van der Waals surface area contributed by atoms with Crippen LogP contribution in [0, 0.1) is 11.8 Å². The van der Waals surface area contributed by atoms with Crippen molar-refractivity contribution >= 4 is 40.9 Å². The van der Waals surface area contributed by atoms with Gasteiger partial charge in [-0.2, -0.15) is 0 Å². The van der Waals surface area contributed by atoms with Gasteiger partial charge in [0.05, 0.1) is 29.3 Å². The zero-order chi connectivity index (χ0) is 22.2. The normalized spacial score (nSPS) is 23.7. The fourth-order valence-corrected chi connectivity index (χ4v) is 4.49. The highest BCUT2D eigenvalue weighted by Gasteiger charge is 2.47. The molecule has 0 saturated carbocycles. The number of hydrogen-bond donors (Lipinski definition) is 1. The van der Waals surface area contributed by atoms with E-state index in [4.69, 9.17) is 32.7 Å². The molecule has 3 atom stereocenters. The number of allylic oxidation sites excluding steroid dienone is 3. The standard InChI is InChI=1S/C22H23Cl2NO5/c1-5-30-22(28)17-11(3)25-15-8-10(2)16(21(27)29-4)20(26)19(15)18(17)12-6-7-13(23)14(24)9-12/h6-7,9-10,16,18,25H,5,8H2,1-4H3/t10-,16-,18-/m0/s1. The van der Waals surface area contributed by atoms with Gasteiger partial charge in [-0.25, -0.2) is 4.79 Å². The third-order valence-corrected chi connectivity index (χ3v) is 6.25. The van der Waals surface area contributed by atoms with E-state index in [9.17, 15) is 14.4 Å². The van der Waals surface area contributed by atoms with E-state index in [1.165, 1.54) is 7.11 Å². The topological polar surface area (TPSA) is 81.7 Å². The number of rotatable bonds is 4. The lowest BCUT2D eigenvalue weighted by Gasteiger charge is -2.38. The van der Waals surface area contributed by atoms with Crippen LogP contribution in [0.5, 0.6) is 0 Å². The van der Waals surface area contributed by atoms with Crippen LogP contribution in [-0.2, 0) is 23.9 Å². The van der Waals surface area contributed by atoms with Gasteiger partial charge in [-0.15, -0.1) is 0 Å². The fourth-order valence-electron chi connectivity index (χ4n) is 4.19. The molecule has 2 aliphatic rings. The van der Waals surface area contributed by atoms with Gasteiger partial charge in [0.2, 0.25) is 0 Å². The van der Waals surface area contributed by atoms with Gasteiger partial charge in [-0.05, 0) is 43.9 Å². The molecule has 0 saturated heterocycles. The summed E-state index contributed by atoms with van der Waals surface area (Å²) in [5.74, 6) is -3.41. The second-order valence-electron chi connectivity index (χ2n) is 7.43. The number of nitrogens with one attached hydrogen (secondary N) is 1. The maximum atomic E-state index is 13.5. The summed E-state index contributed by atoms with van der Waals surface area (Å²) in [4.78, 5) is 38.7. The summed E-state index contributed by atoms with van der Waals surface area (Å²) >= 11 is 12.3. The Balaban J connectivity index is 2.21. The molecular formula is C22H23Cl2NO5. The Kier molecular flexibility index (Phi) is 6.58. The molecule has 3 rings (SSSR count). The van der Waals surface area contributed by atoms with Gasteiger partial charge in [0.15, 0.2) is 5.78 Å². The predicted octanol–water partition coefficient (Wildman–Crippen LogP) is 4.17. The lowest BCUT2D eigenvalue weighted by molar-refractivity contribution is -0.151. The molecule has 0 aromatic heterocycles. The summed E-state index contributed by atoms with van der Waals surface area (Å²) in [6, 6.07) is 4.97. The molecule has 1 aromatic carbocycles. The highest BCUT2D eigenvalue weighted by molar-refractivity contribution is 6.42. The molecule has 8 heteroatoms. The number of ether oxygens (including phenoxy) is 2. The number of dihydropyridines is 1. The number of hydrogen-bond acceptors (Lipinski definition) is 6. The van der Waals surface area contributed by atoms with Crippen molar-refractivity contribution in [3.63, 3.8) is 0 Å². The summed E-state index contributed by atoms with van der Waals surface area (Å²) in [7, 11) is 1.26. The summed E-state index contributed by atoms with van der Waals surface area (Å²) in [5, 5.41) is 3.86.